The molecule has 2 aromatic carbocycles. The molecule has 3 nitrogen and oxygen atoms in total. The van der Waals surface area contributed by atoms with Crippen molar-refractivity contribution >= 4 is 44.5 Å². The third-order valence-corrected chi connectivity index (χ3v) is 3.91. The van der Waals surface area contributed by atoms with E-state index in [-0.39, 0.29) is 5.02 Å². The summed E-state index contributed by atoms with van der Waals surface area (Å²) in [7, 11) is 0. The molecule has 0 saturated carbocycles. The number of aromatic nitrogens is 2. The molecular weight excluding hydrogens is 345 g/mol. The molecule has 3 aromatic rings. The molecule has 20 heavy (non-hydrogen) atoms. The van der Waals surface area contributed by atoms with E-state index >= 15 is 0 Å². The largest absolute Gasteiger partial charge is 0.369 e. The Morgan fingerprint density at radius 1 is 1.30 bits per heavy atom. The lowest BCUT2D eigenvalue weighted by Crippen LogP contribution is -2.02. The Morgan fingerprint density at radius 2 is 2.05 bits per heavy atom. The minimum Gasteiger partial charge on any atom is -0.369 e. The fourth-order valence-corrected chi connectivity index (χ4v) is 2.85. The zero-order chi connectivity index (χ0) is 14.4. The van der Waals surface area contributed by atoms with Gasteiger partial charge in [0, 0.05) is 10.5 Å². The first kappa shape index (κ1) is 13.4. The number of nitrogen functional groups attached to an aromatic ring is 1. The summed E-state index contributed by atoms with van der Waals surface area (Å²) >= 11 is 9.19. The van der Waals surface area contributed by atoms with Crippen molar-refractivity contribution in [3.63, 3.8) is 0 Å². The highest BCUT2D eigenvalue weighted by atomic mass is 79.9. The van der Waals surface area contributed by atoms with Crippen LogP contribution in [0, 0.1) is 12.7 Å². The van der Waals surface area contributed by atoms with Crippen LogP contribution >= 0.6 is 27.5 Å². The van der Waals surface area contributed by atoms with Crippen LogP contribution < -0.4 is 5.73 Å². The molecular formula is C14H10BrClFN3. The van der Waals surface area contributed by atoms with Gasteiger partial charge in [-0.3, -0.25) is 4.57 Å². The van der Waals surface area contributed by atoms with Crippen molar-refractivity contribution in [3.8, 4) is 5.69 Å². The number of anilines is 1. The van der Waals surface area contributed by atoms with E-state index < -0.39 is 5.82 Å². The molecule has 0 amide bonds. The maximum Gasteiger partial charge on any atom is 0.205 e. The molecule has 0 saturated heterocycles. The van der Waals surface area contributed by atoms with Gasteiger partial charge >= 0.3 is 0 Å². The predicted molar refractivity (Wildman–Crippen MR) is 82.9 cm³/mol. The summed E-state index contributed by atoms with van der Waals surface area (Å²) in [5, 5.41) is 0.0367. The molecule has 2 N–H and O–H groups in total. The van der Waals surface area contributed by atoms with Gasteiger partial charge in [0.2, 0.25) is 5.95 Å². The Labute approximate surface area is 128 Å². The van der Waals surface area contributed by atoms with Gasteiger partial charge < -0.3 is 5.73 Å². The fraction of sp³-hybridized carbons (Fsp3) is 0.0714. The van der Waals surface area contributed by atoms with Crippen molar-refractivity contribution in [1.29, 1.82) is 0 Å². The topological polar surface area (TPSA) is 43.8 Å². The van der Waals surface area contributed by atoms with Gasteiger partial charge in [0.05, 0.1) is 21.7 Å². The maximum absolute atomic E-state index is 13.7. The summed E-state index contributed by atoms with van der Waals surface area (Å²) in [5.74, 6) is -0.192. The van der Waals surface area contributed by atoms with Crippen LogP contribution in [-0.2, 0) is 0 Å². The summed E-state index contributed by atoms with van der Waals surface area (Å²) in [5.41, 5.74) is 8.98. The predicted octanol–water partition coefficient (Wildman–Crippen LogP) is 4.47. The lowest BCUT2D eigenvalue weighted by Gasteiger charge is -2.10. The third-order valence-electron chi connectivity index (χ3n) is 3.12. The van der Waals surface area contributed by atoms with Gasteiger partial charge in [-0.1, -0.05) is 27.5 Å². The van der Waals surface area contributed by atoms with Gasteiger partial charge in [-0.25, -0.2) is 9.37 Å². The Balaban J connectivity index is 2.35. The number of imidazole rings is 1. The number of nitrogens with zero attached hydrogens (tertiary/aromatic N) is 2. The molecule has 0 radical (unpaired) electrons. The molecule has 1 aromatic heterocycles. The molecule has 0 atom stereocenters. The number of hydrogen-bond donors (Lipinski definition) is 1. The van der Waals surface area contributed by atoms with Gasteiger partial charge in [-0.15, -0.1) is 0 Å². The summed E-state index contributed by atoms with van der Waals surface area (Å²) in [6.45, 7) is 1.96. The van der Waals surface area contributed by atoms with E-state index in [1.165, 1.54) is 12.1 Å². The molecule has 0 aliphatic heterocycles. The van der Waals surface area contributed by atoms with E-state index in [4.69, 9.17) is 17.3 Å². The fourth-order valence-electron chi connectivity index (χ4n) is 2.21. The molecule has 0 bridgehead atoms. The Bertz CT molecular complexity index is 829. The van der Waals surface area contributed by atoms with Crippen LogP contribution in [0.15, 0.2) is 34.8 Å². The number of rotatable bonds is 1. The van der Waals surface area contributed by atoms with Gasteiger partial charge in [0.1, 0.15) is 5.82 Å². The minimum atomic E-state index is -0.491. The normalized spacial score (nSPS) is 11.2. The molecule has 0 unspecified atom stereocenters. The molecule has 0 aliphatic carbocycles. The second kappa shape index (κ2) is 4.75. The van der Waals surface area contributed by atoms with E-state index in [0.29, 0.717) is 17.0 Å². The van der Waals surface area contributed by atoms with Gasteiger partial charge in [-0.05, 0) is 36.8 Å². The number of halogens is 3. The average molecular weight is 355 g/mol. The first-order valence-electron chi connectivity index (χ1n) is 5.87. The average Bonchev–Trinajstić information content (AvgIpc) is 2.66. The number of fused-ring (bicyclic) bond motifs is 1. The SMILES string of the molecule is Cc1cc(Br)ccc1-n1c(N)nc2cc(Cl)c(F)cc21. The summed E-state index contributed by atoms with van der Waals surface area (Å²) in [6, 6.07) is 8.60. The minimum absolute atomic E-state index is 0.0367. The first-order chi connectivity index (χ1) is 9.47. The summed E-state index contributed by atoms with van der Waals surface area (Å²) < 4.78 is 16.4. The highest BCUT2D eigenvalue weighted by Gasteiger charge is 2.14. The van der Waals surface area contributed by atoms with E-state index in [2.05, 4.69) is 20.9 Å². The molecule has 1 heterocycles. The standard InChI is InChI=1S/C14H10BrClFN3/c1-7-4-8(15)2-3-12(7)20-13-6-10(17)9(16)5-11(13)19-14(20)18/h2-6H,1H3,(H2,18,19). The quantitative estimate of drug-likeness (QED) is 0.700. The van der Waals surface area contributed by atoms with E-state index in [9.17, 15) is 4.39 Å². The number of hydrogen-bond acceptors (Lipinski definition) is 2. The Hall–Kier alpha value is -1.59. The van der Waals surface area contributed by atoms with Crippen LogP contribution in [0.5, 0.6) is 0 Å². The zero-order valence-corrected chi connectivity index (χ0v) is 12.8. The molecule has 6 heteroatoms. The summed E-state index contributed by atoms with van der Waals surface area (Å²) in [6.07, 6.45) is 0. The number of benzene rings is 2. The van der Waals surface area contributed by atoms with Gasteiger partial charge in [0.25, 0.3) is 0 Å². The molecule has 102 valence electrons. The van der Waals surface area contributed by atoms with Crippen molar-refractivity contribution in [2.24, 2.45) is 0 Å². The van der Waals surface area contributed by atoms with Crippen molar-refractivity contribution < 1.29 is 4.39 Å². The Kier molecular flexibility index (Phi) is 3.18. The summed E-state index contributed by atoms with van der Waals surface area (Å²) in [4.78, 5) is 4.23. The number of aryl methyl sites for hydroxylation is 1. The second-order valence-corrected chi connectivity index (χ2v) is 5.81. The molecule has 3 rings (SSSR count). The van der Waals surface area contributed by atoms with Gasteiger partial charge in [0.15, 0.2) is 0 Å². The van der Waals surface area contributed by atoms with E-state index in [0.717, 1.165) is 15.7 Å². The van der Waals surface area contributed by atoms with Gasteiger partial charge in [-0.2, -0.15) is 0 Å². The lowest BCUT2D eigenvalue weighted by molar-refractivity contribution is 0.629. The van der Waals surface area contributed by atoms with Crippen LogP contribution in [0.1, 0.15) is 5.56 Å². The van der Waals surface area contributed by atoms with Crippen LogP contribution in [0.2, 0.25) is 5.02 Å². The highest BCUT2D eigenvalue weighted by Crippen LogP contribution is 2.29. The van der Waals surface area contributed by atoms with E-state index in [1.54, 1.807) is 4.57 Å². The maximum atomic E-state index is 13.7. The molecule has 0 spiro atoms. The van der Waals surface area contributed by atoms with Crippen LogP contribution in [0.3, 0.4) is 0 Å². The molecule has 0 fully saturated rings. The zero-order valence-electron chi connectivity index (χ0n) is 10.5. The van der Waals surface area contributed by atoms with E-state index in [1.807, 2.05) is 25.1 Å². The highest BCUT2D eigenvalue weighted by molar-refractivity contribution is 9.10. The van der Waals surface area contributed by atoms with Crippen molar-refractivity contribution in [2.45, 2.75) is 6.92 Å². The van der Waals surface area contributed by atoms with Crippen molar-refractivity contribution in [3.05, 3.63) is 51.2 Å². The number of nitrogens with two attached hydrogens (primary N) is 1. The van der Waals surface area contributed by atoms with Crippen LogP contribution in [-0.4, -0.2) is 9.55 Å². The van der Waals surface area contributed by atoms with Crippen LogP contribution in [0.25, 0.3) is 16.7 Å². The lowest BCUT2D eigenvalue weighted by atomic mass is 10.2. The van der Waals surface area contributed by atoms with Crippen molar-refractivity contribution in [1.82, 2.24) is 9.55 Å². The van der Waals surface area contributed by atoms with Crippen LogP contribution in [0.4, 0.5) is 10.3 Å². The van der Waals surface area contributed by atoms with Crippen molar-refractivity contribution in [2.75, 3.05) is 5.73 Å². The monoisotopic (exact) mass is 353 g/mol. The smallest absolute Gasteiger partial charge is 0.205 e. The molecule has 0 aliphatic rings. The Morgan fingerprint density at radius 3 is 2.75 bits per heavy atom. The third kappa shape index (κ3) is 2.07. The first-order valence-corrected chi connectivity index (χ1v) is 7.04. The second-order valence-electron chi connectivity index (χ2n) is 4.49.